The first-order chi connectivity index (χ1) is 9.18. The minimum absolute atomic E-state index is 0.0624. The van der Waals surface area contributed by atoms with Crippen LogP contribution in [-0.2, 0) is 6.42 Å². The van der Waals surface area contributed by atoms with Gasteiger partial charge in [0.25, 0.3) is 0 Å². The lowest BCUT2D eigenvalue weighted by Gasteiger charge is -2.41. The van der Waals surface area contributed by atoms with E-state index in [0.717, 1.165) is 18.6 Å². The lowest BCUT2D eigenvalue weighted by Crippen LogP contribution is -2.49. The van der Waals surface area contributed by atoms with E-state index in [4.69, 9.17) is 10.5 Å². The van der Waals surface area contributed by atoms with Crippen LogP contribution in [0.5, 0.6) is 5.75 Å². The maximum absolute atomic E-state index is 6.69. The summed E-state index contributed by atoms with van der Waals surface area (Å²) < 4.78 is 5.19. The van der Waals surface area contributed by atoms with Gasteiger partial charge in [0, 0.05) is 5.54 Å². The van der Waals surface area contributed by atoms with E-state index in [1.165, 1.54) is 37.7 Å². The van der Waals surface area contributed by atoms with E-state index in [1.807, 2.05) is 12.1 Å². The van der Waals surface area contributed by atoms with Crippen LogP contribution in [0.1, 0.15) is 51.0 Å². The average Bonchev–Trinajstić information content (AvgIpc) is 2.46. The molecule has 2 N–H and O–H groups in total. The van der Waals surface area contributed by atoms with Gasteiger partial charge in [0.1, 0.15) is 5.75 Å². The Bertz CT molecular complexity index is 387. The van der Waals surface area contributed by atoms with Crippen LogP contribution in [0, 0.1) is 5.92 Å². The molecule has 0 aromatic heterocycles. The van der Waals surface area contributed by atoms with Gasteiger partial charge in [-0.05, 0) is 49.3 Å². The summed E-state index contributed by atoms with van der Waals surface area (Å²) in [5.41, 5.74) is 8.12. The summed E-state index contributed by atoms with van der Waals surface area (Å²) in [7, 11) is 1.71. The third-order valence-corrected chi connectivity index (χ3v) is 4.79. The second kappa shape index (κ2) is 6.42. The highest BCUT2D eigenvalue weighted by Gasteiger charge is 2.35. The predicted molar refractivity (Wildman–Crippen MR) is 80.5 cm³/mol. The summed E-state index contributed by atoms with van der Waals surface area (Å²) in [6.45, 7) is 2.28. The zero-order chi connectivity index (χ0) is 13.7. The number of rotatable bonds is 5. The highest BCUT2D eigenvalue weighted by Crippen LogP contribution is 2.37. The van der Waals surface area contributed by atoms with Crippen molar-refractivity contribution in [2.24, 2.45) is 11.7 Å². The van der Waals surface area contributed by atoms with Crippen molar-refractivity contribution >= 4 is 0 Å². The van der Waals surface area contributed by atoms with E-state index in [9.17, 15) is 0 Å². The van der Waals surface area contributed by atoms with Crippen LogP contribution >= 0.6 is 0 Å². The maximum Gasteiger partial charge on any atom is 0.118 e. The molecular formula is C17H27NO. The first kappa shape index (κ1) is 14.4. The molecule has 0 aliphatic heterocycles. The van der Waals surface area contributed by atoms with Crippen LogP contribution in [-0.4, -0.2) is 12.6 Å². The number of aryl methyl sites for hydroxylation is 1. The molecule has 1 fully saturated rings. The zero-order valence-electron chi connectivity index (χ0n) is 12.3. The van der Waals surface area contributed by atoms with Crippen molar-refractivity contribution in [3.8, 4) is 5.75 Å². The molecule has 2 atom stereocenters. The van der Waals surface area contributed by atoms with Gasteiger partial charge in [-0.15, -0.1) is 0 Å². The van der Waals surface area contributed by atoms with E-state index >= 15 is 0 Å². The first-order valence-electron chi connectivity index (χ1n) is 7.60. The van der Waals surface area contributed by atoms with E-state index < -0.39 is 0 Å². The van der Waals surface area contributed by atoms with E-state index in [2.05, 4.69) is 19.1 Å². The summed E-state index contributed by atoms with van der Waals surface area (Å²) in [6.07, 6.45) is 8.58. The molecule has 0 heterocycles. The molecule has 0 radical (unpaired) electrons. The van der Waals surface area contributed by atoms with Crippen molar-refractivity contribution in [3.63, 3.8) is 0 Å². The largest absolute Gasteiger partial charge is 0.497 e. The molecule has 1 aromatic carbocycles. The molecule has 1 aliphatic carbocycles. The summed E-state index contributed by atoms with van der Waals surface area (Å²) in [6, 6.07) is 8.39. The van der Waals surface area contributed by atoms with E-state index in [0.29, 0.717) is 5.92 Å². The Hall–Kier alpha value is -1.02. The van der Waals surface area contributed by atoms with Gasteiger partial charge in [0.15, 0.2) is 0 Å². The van der Waals surface area contributed by atoms with Gasteiger partial charge >= 0.3 is 0 Å². The lowest BCUT2D eigenvalue weighted by molar-refractivity contribution is 0.171. The first-order valence-corrected chi connectivity index (χ1v) is 7.60. The molecule has 2 nitrogen and oxygen atoms in total. The highest BCUT2D eigenvalue weighted by molar-refractivity contribution is 5.27. The Morgan fingerprint density at radius 3 is 2.63 bits per heavy atom. The fourth-order valence-corrected chi connectivity index (χ4v) is 3.45. The number of ether oxygens (including phenoxy) is 1. The number of nitrogens with two attached hydrogens (primary N) is 1. The van der Waals surface area contributed by atoms with Gasteiger partial charge < -0.3 is 10.5 Å². The quantitative estimate of drug-likeness (QED) is 0.871. The molecule has 0 saturated heterocycles. The zero-order valence-corrected chi connectivity index (χ0v) is 12.3. The van der Waals surface area contributed by atoms with Gasteiger partial charge in [-0.1, -0.05) is 38.3 Å². The molecule has 1 saturated carbocycles. The van der Waals surface area contributed by atoms with Crippen LogP contribution in [0.15, 0.2) is 24.3 Å². The van der Waals surface area contributed by atoms with Crippen molar-refractivity contribution in [3.05, 3.63) is 29.8 Å². The molecular weight excluding hydrogens is 234 g/mol. The Balaban J connectivity index is 1.95. The second-order valence-electron chi connectivity index (χ2n) is 5.93. The van der Waals surface area contributed by atoms with Crippen molar-refractivity contribution in [2.75, 3.05) is 7.11 Å². The minimum atomic E-state index is 0.0624. The monoisotopic (exact) mass is 261 g/mol. The Labute approximate surface area is 117 Å². The van der Waals surface area contributed by atoms with Crippen LogP contribution in [0.25, 0.3) is 0 Å². The molecule has 0 bridgehead atoms. The fourth-order valence-electron chi connectivity index (χ4n) is 3.45. The van der Waals surface area contributed by atoms with Gasteiger partial charge in [0.05, 0.1) is 7.11 Å². The van der Waals surface area contributed by atoms with Gasteiger partial charge in [-0.25, -0.2) is 0 Å². The van der Waals surface area contributed by atoms with Crippen LogP contribution in [0.4, 0.5) is 0 Å². The maximum atomic E-state index is 6.69. The highest BCUT2D eigenvalue weighted by atomic mass is 16.5. The molecule has 0 spiro atoms. The molecule has 106 valence electrons. The normalized spacial score (nSPS) is 27.2. The van der Waals surface area contributed by atoms with Crippen molar-refractivity contribution in [2.45, 2.75) is 57.4 Å². The van der Waals surface area contributed by atoms with E-state index in [1.54, 1.807) is 7.11 Å². The Morgan fingerprint density at radius 2 is 2.00 bits per heavy atom. The minimum Gasteiger partial charge on any atom is -0.497 e. The average molecular weight is 261 g/mol. The number of hydrogen-bond acceptors (Lipinski definition) is 2. The Morgan fingerprint density at radius 1 is 1.26 bits per heavy atom. The predicted octanol–water partition coefficient (Wildman–Crippen LogP) is 3.93. The summed E-state index contributed by atoms with van der Waals surface area (Å²) in [4.78, 5) is 0. The smallest absolute Gasteiger partial charge is 0.118 e. The van der Waals surface area contributed by atoms with Crippen molar-refractivity contribution in [1.29, 1.82) is 0 Å². The van der Waals surface area contributed by atoms with Gasteiger partial charge in [-0.2, -0.15) is 0 Å². The molecule has 1 aliphatic rings. The molecule has 1 aromatic rings. The van der Waals surface area contributed by atoms with Crippen LogP contribution < -0.4 is 10.5 Å². The third-order valence-electron chi connectivity index (χ3n) is 4.79. The molecule has 2 unspecified atom stereocenters. The lowest BCUT2D eigenvalue weighted by atomic mass is 9.69. The summed E-state index contributed by atoms with van der Waals surface area (Å²) in [5, 5.41) is 0. The van der Waals surface area contributed by atoms with Gasteiger partial charge in [0.2, 0.25) is 0 Å². The molecule has 19 heavy (non-hydrogen) atoms. The summed E-state index contributed by atoms with van der Waals surface area (Å²) >= 11 is 0. The molecule has 2 heteroatoms. The van der Waals surface area contributed by atoms with Crippen LogP contribution in [0.3, 0.4) is 0 Å². The van der Waals surface area contributed by atoms with Crippen LogP contribution in [0.2, 0.25) is 0 Å². The number of methoxy groups -OCH3 is 1. The molecule has 2 rings (SSSR count). The van der Waals surface area contributed by atoms with Crippen molar-refractivity contribution < 1.29 is 4.74 Å². The second-order valence-corrected chi connectivity index (χ2v) is 5.93. The van der Waals surface area contributed by atoms with Gasteiger partial charge in [-0.3, -0.25) is 0 Å². The Kier molecular flexibility index (Phi) is 4.87. The van der Waals surface area contributed by atoms with E-state index in [-0.39, 0.29) is 5.54 Å². The molecule has 0 amide bonds. The third kappa shape index (κ3) is 3.50. The number of benzene rings is 1. The summed E-state index contributed by atoms with van der Waals surface area (Å²) in [5.74, 6) is 1.63. The SMILES string of the molecule is CCC1CCCCC1(N)CCc1ccc(OC)cc1. The standard InChI is InChI=1S/C17H27NO/c1-3-15-6-4-5-12-17(15,18)13-11-14-7-9-16(19-2)10-8-14/h7-10,15H,3-6,11-13,18H2,1-2H3. The topological polar surface area (TPSA) is 35.2 Å². The fraction of sp³-hybridized carbons (Fsp3) is 0.647. The van der Waals surface area contributed by atoms with Crippen molar-refractivity contribution in [1.82, 2.24) is 0 Å². The number of hydrogen-bond donors (Lipinski definition) is 1.